The van der Waals surface area contributed by atoms with Gasteiger partial charge in [-0.05, 0) is 30.7 Å². The molecule has 0 radical (unpaired) electrons. The van der Waals surface area contributed by atoms with E-state index in [0.29, 0.717) is 12.1 Å². The third kappa shape index (κ3) is 1.95. The number of rotatable bonds is 2. The molecule has 0 saturated carbocycles. The van der Waals surface area contributed by atoms with Crippen LogP contribution in [0.1, 0.15) is 12.8 Å². The predicted octanol–water partition coefficient (Wildman–Crippen LogP) is 1.78. The number of benzene rings is 1. The lowest BCUT2D eigenvalue weighted by Gasteiger charge is -2.15. The second-order valence-electron chi connectivity index (χ2n) is 3.37. The molecule has 1 aromatic carbocycles. The Labute approximate surface area is 87.2 Å². The van der Waals surface area contributed by atoms with Gasteiger partial charge in [0.1, 0.15) is 0 Å². The van der Waals surface area contributed by atoms with Crippen molar-refractivity contribution in [1.82, 2.24) is 0 Å². The van der Waals surface area contributed by atoms with E-state index in [1.165, 1.54) is 6.08 Å². The number of hydrogen-bond acceptors (Lipinski definition) is 3. The van der Waals surface area contributed by atoms with Gasteiger partial charge in [-0.15, -0.1) is 0 Å². The Balaban J connectivity index is 2.23. The number of carbonyl (C=O) groups is 1. The summed E-state index contributed by atoms with van der Waals surface area (Å²) in [7, 11) is 0. The first-order chi connectivity index (χ1) is 7.31. The van der Waals surface area contributed by atoms with Gasteiger partial charge in [-0.25, -0.2) is 4.79 Å². The maximum atomic E-state index is 11.4. The Kier molecular flexibility index (Phi) is 2.61. The van der Waals surface area contributed by atoms with Crippen molar-refractivity contribution in [2.75, 3.05) is 11.4 Å². The van der Waals surface area contributed by atoms with E-state index in [9.17, 15) is 9.59 Å². The van der Waals surface area contributed by atoms with Crippen LogP contribution < -0.4 is 4.90 Å². The molecule has 0 N–H and O–H groups in total. The van der Waals surface area contributed by atoms with E-state index in [1.54, 1.807) is 29.2 Å². The van der Waals surface area contributed by atoms with E-state index in [0.717, 1.165) is 18.7 Å². The van der Waals surface area contributed by atoms with E-state index in [4.69, 9.17) is 0 Å². The molecule has 1 fully saturated rings. The van der Waals surface area contributed by atoms with E-state index in [1.807, 2.05) is 0 Å². The third-order valence-corrected chi connectivity index (χ3v) is 2.41. The van der Waals surface area contributed by atoms with Crippen molar-refractivity contribution >= 4 is 23.4 Å². The molecule has 0 unspecified atom stereocenters. The van der Waals surface area contributed by atoms with Gasteiger partial charge in [0.15, 0.2) is 0 Å². The molecule has 0 spiro atoms. The summed E-state index contributed by atoms with van der Waals surface area (Å²) in [5, 5.41) is 0. The average Bonchev–Trinajstić information content (AvgIpc) is 2.66. The zero-order chi connectivity index (χ0) is 10.7. The van der Waals surface area contributed by atoms with Gasteiger partial charge in [-0.3, -0.25) is 4.79 Å². The minimum atomic E-state index is 0.154. The zero-order valence-corrected chi connectivity index (χ0v) is 8.14. The van der Waals surface area contributed by atoms with Crippen LogP contribution in [0.2, 0.25) is 0 Å². The van der Waals surface area contributed by atoms with Crippen LogP contribution in [0.15, 0.2) is 29.3 Å². The highest BCUT2D eigenvalue weighted by Gasteiger charge is 2.21. The van der Waals surface area contributed by atoms with E-state index < -0.39 is 0 Å². The molecule has 1 aromatic rings. The molecule has 1 aliphatic rings. The number of anilines is 1. The highest BCUT2D eigenvalue weighted by molar-refractivity contribution is 5.95. The summed E-state index contributed by atoms with van der Waals surface area (Å²) < 4.78 is 0. The van der Waals surface area contributed by atoms with Gasteiger partial charge in [-0.1, -0.05) is 0 Å². The number of hydrogen-bond donors (Lipinski definition) is 0. The Bertz CT molecular complexity index is 419. The van der Waals surface area contributed by atoms with Gasteiger partial charge < -0.3 is 4.90 Å². The molecular formula is C11H10N2O2. The van der Waals surface area contributed by atoms with E-state index in [2.05, 4.69) is 4.99 Å². The maximum absolute atomic E-state index is 11.4. The van der Waals surface area contributed by atoms with Crippen molar-refractivity contribution in [3.05, 3.63) is 24.3 Å². The van der Waals surface area contributed by atoms with Crippen molar-refractivity contribution in [1.29, 1.82) is 0 Å². The number of carbonyl (C=O) groups excluding carboxylic acids is 2. The Morgan fingerprint density at radius 2 is 2.00 bits per heavy atom. The quantitative estimate of drug-likeness (QED) is 0.542. The third-order valence-electron chi connectivity index (χ3n) is 2.41. The molecule has 0 atom stereocenters. The summed E-state index contributed by atoms with van der Waals surface area (Å²) in [6.45, 7) is 0.773. The fraction of sp³-hybridized carbons (Fsp3) is 0.273. The summed E-state index contributed by atoms with van der Waals surface area (Å²) in [5.74, 6) is 0.154. The first kappa shape index (κ1) is 9.62. The van der Waals surface area contributed by atoms with Gasteiger partial charge in [-0.2, -0.15) is 4.99 Å². The Hall–Kier alpha value is -1.93. The van der Waals surface area contributed by atoms with Gasteiger partial charge in [0.05, 0.1) is 5.69 Å². The van der Waals surface area contributed by atoms with Crippen molar-refractivity contribution in [3.63, 3.8) is 0 Å². The highest BCUT2D eigenvalue weighted by atomic mass is 16.2. The standard InChI is InChI=1S/C11H10N2O2/c14-8-12-9-3-5-10(6-4-9)13-7-1-2-11(13)15/h3-6H,1-2,7H2. The molecule has 1 amide bonds. The lowest BCUT2D eigenvalue weighted by atomic mass is 10.2. The minimum Gasteiger partial charge on any atom is -0.312 e. The van der Waals surface area contributed by atoms with Crippen LogP contribution in [-0.4, -0.2) is 18.5 Å². The van der Waals surface area contributed by atoms with Crippen LogP contribution in [0, 0.1) is 0 Å². The molecule has 0 bridgehead atoms. The predicted molar refractivity (Wildman–Crippen MR) is 55.8 cm³/mol. The van der Waals surface area contributed by atoms with Gasteiger partial charge >= 0.3 is 0 Å². The SMILES string of the molecule is O=C=Nc1ccc(N2CCCC2=O)cc1. The number of amides is 1. The number of isocyanates is 1. The molecule has 1 saturated heterocycles. The molecule has 0 aromatic heterocycles. The molecule has 0 aliphatic carbocycles. The number of aliphatic imine (C=N–C) groups is 1. The van der Waals surface area contributed by atoms with Crippen molar-refractivity contribution in [3.8, 4) is 0 Å². The fourth-order valence-electron chi connectivity index (χ4n) is 1.68. The first-order valence-corrected chi connectivity index (χ1v) is 4.79. The summed E-state index contributed by atoms with van der Waals surface area (Å²) in [4.78, 5) is 26.7. The molecule has 1 aliphatic heterocycles. The molecule has 1 heterocycles. The topological polar surface area (TPSA) is 49.7 Å². The van der Waals surface area contributed by atoms with Gasteiger partial charge in [0.25, 0.3) is 0 Å². The summed E-state index contributed by atoms with van der Waals surface area (Å²) in [6, 6.07) is 6.98. The normalized spacial score (nSPS) is 15.2. The Morgan fingerprint density at radius 1 is 1.27 bits per heavy atom. The second-order valence-corrected chi connectivity index (χ2v) is 3.37. The van der Waals surface area contributed by atoms with E-state index in [-0.39, 0.29) is 5.91 Å². The van der Waals surface area contributed by atoms with E-state index >= 15 is 0 Å². The van der Waals surface area contributed by atoms with Crippen molar-refractivity contribution < 1.29 is 9.59 Å². The van der Waals surface area contributed by atoms with Gasteiger partial charge in [0.2, 0.25) is 12.0 Å². The van der Waals surface area contributed by atoms with Gasteiger partial charge in [0, 0.05) is 18.7 Å². The largest absolute Gasteiger partial charge is 0.312 e. The van der Waals surface area contributed by atoms with Crippen molar-refractivity contribution in [2.45, 2.75) is 12.8 Å². The minimum absolute atomic E-state index is 0.154. The summed E-state index contributed by atoms with van der Waals surface area (Å²) in [5.41, 5.74) is 1.42. The van der Waals surface area contributed by atoms with Crippen LogP contribution in [0.5, 0.6) is 0 Å². The van der Waals surface area contributed by atoms with Crippen molar-refractivity contribution in [2.24, 2.45) is 4.99 Å². The molecule has 76 valence electrons. The zero-order valence-electron chi connectivity index (χ0n) is 8.14. The van der Waals surface area contributed by atoms with Crippen LogP contribution in [0.25, 0.3) is 0 Å². The smallest absolute Gasteiger partial charge is 0.240 e. The van der Waals surface area contributed by atoms with Crippen LogP contribution in [0.3, 0.4) is 0 Å². The lowest BCUT2D eigenvalue weighted by Crippen LogP contribution is -2.23. The van der Waals surface area contributed by atoms with Crippen LogP contribution in [-0.2, 0) is 9.59 Å². The number of nitrogens with zero attached hydrogens (tertiary/aromatic N) is 2. The molecule has 2 rings (SSSR count). The molecule has 4 heteroatoms. The second kappa shape index (κ2) is 4.07. The molecule has 4 nitrogen and oxygen atoms in total. The summed E-state index contributed by atoms with van der Waals surface area (Å²) >= 11 is 0. The molecule has 15 heavy (non-hydrogen) atoms. The summed E-state index contributed by atoms with van der Waals surface area (Å²) in [6.07, 6.45) is 3.01. The van der Waals surface area contributed by atoms with Crippen LogP contribution >= 0.6 is 0 Å². The molecular weight excluding hydrogens is 192 g/mol. The highest BCUT2D eigenvalue weighted by Crippen LogP contribution is 2.23. The monoisotopic (exact) mass is 202 g/mol. The first-order valence-electron chi connectivity index (χ1n) is 4.79. The maximum Gasteiger partial charge on any atom is 0.240 e. The Morgan fingerprint density at radius 3 is 2.53 bits per heavy atom. The average molecular weight is 202 g/mol. The van der Waals surface area contributed by atoms with Crippen LogP contribution in [0.4, 0.5) is 11.4 Å². The lowest BCUT2D eigenvalue weighted by molar-refractivity contribution is -0.117. The fourth-order valence-corrected chi connectivity index (χ4v) is 1.68.